The first-order valence-electron chi connectivity index (χ1n) is 11.6. The third-order valence-electron chi connectivity index (χ3n) is 7.57. The Morgan fingerprint density at radius 1 is 1.26 bits per heavy atom. The number of rotatable bonds is 5. The van der Waals surface area contributed by atoms with Crippen molar-refractivity contribution in [2.45, 2.75) is 45.3 Å². The number of aliphatic hydroxyl groups excluding tert-OH is 2. The first kappa shape index (κ1) is 24.1. The van der Waals surface area contributed by atoms with Gasteiger partial charge in [0.15, 0.2) is 5.78 Å². The van der Waals surface area contributed by atoms with Crippen molar-refractivity contribution in [3.8, 4) is 5.75 Å². The van der Waals surface area contributed by atoms with Crippen molar-refractivity contribution in [2.75, 3.05) is 25.5 Å². The predicted molar refractivity (Wildman–Crippen MR) is 127 cm³/mol. The molecule has 0 saturated heterocycles. The summed E-state index contributed by atoms with van der Waals surface area (Å²) in [4.78, 5) is 27.6. The van der Waals surface area contributed by atoms with Crippen molar-refractivity contribution < 1.29 is 30.0 Å². The van der Waals surface area contributed by atoms with Crippen molar-refractivity contribution in [1.29, 1.82) is 0 Å². The van der Waals surface area contributed by atoms with Crippen molar-refractivity contribution in [3.05, 3.63) is 39.7 Å². The van der Waals surface area contributed by atoms with Gasteiger partial charge in [0.05, 0.1) is 17.1 Å². The second kappa shape index (κ2) is 8.32. The Morgan fingerprint density at radius 3 is 2.53 bits per heavy atom. The summed E-state index contributed by atoms with van der Waals surface area (Å²) < 4.78 is 0. The lowest BCUT2D eigenvalue weighted by atomic mass is 9.57. The Balaban J connectivity index is 1.89. The number of aromatic hydroxyl groups is 1. The van der Waals surface area contributed by atoms with Gasteiger partial charge in [-0.05, 0) is 49.8 Å². The zero-order chi connectivity index (χ0) is 25.1. The molecule has 0 bridgehead atoms. The van der Waals surface area contributed by atoms with Crippen LogP contribution in [-0.2, 0) is 22.6 Å². The van der Waals surface area contributed by atoms with Gasteiger partial charge in [0.2, 0.25) is 0 Å². The second-order valence-electron chi connectivity index (χ2n) is 9.97. The first-order chi connectivity index (χ1) is 15.9. The minimum absolute atomic E-state index is 0.0512. The number of nitrogens with one attached hydrogen (secondary N) is 1. The van der Waals surface area contributed by atoms with Gasteiger partial charge in [0.1, 0.15) is 22.9 Å². The Kier molecular flexibility index (Phi) is 5.90. The summed E-state index contributed by atoms with van der Waals surface area (Å²) in [5.74, 6) is -3.93. The fourth-order valence-corrected chi connectivity index (χ4v) is 6.19. The Bertz CT molecular complexity index is 1130. The third-order valence-corrected chi connectivity index (χ3v) is 7.57. The third kappa shape index (κ3) is 3.45. The highest BCUT2D eigenvalue weighted by molar-refractivity contribution is 6.08. The van der Waals surface area contributed by atoms with E-state index in [2.05, 4.69) is 5.32 Å². The average Bonchev–Trinajstić information content (AvgIpc) is 2.71. The molecule has 0 spiro atoms. The molecule has 1 aromatic carbocycles. The van der Waals surface area contributed by atoms with E-state index >= 15 is 0 Å². The number of ketones is 1. The van der Waals surface area contributed by atoms with Crippen LogP contribution in [0.1, 0.15) is 43.4 Å². The van der Waals surface area contributed by atoms with Gasteiger partial charge in [0, 0.05) is 43.9 Å². The molecule has 184 valence electrons. The van der Waals surface area contributed by atoms with Gasteiger partial charge in [0.25, 0.3) is 5.91 Å². The fourth-order valence-electron chi connectivity index (χ4n) is 6.19. The fraction of sp³-hybridized carbons (Fsp3) is 0.520. The standard InChI is InChI=1S/C25H33N3O6/c1-5-27-10-13-8-15(28(3)4)14-7-11-6-12-9-16(29)20(24(26)33)25(2,34)19(12)23(32)17(11)22(31)18(14)21(13)30/h8,11-12,19,27,29-31,34H,5-7,9-10H2,1-4H3,(H2,26,33). The molecule has 0 aromatic heterocycles. The first-order valence-corrected chi connectivity index (χ1v) is 11.6. The van der Waals surface area contributed by atoms with Gasteiger partial charge in [-0.1, -0.05) is 6.92 Å². The number of aliphatic hydroxyl groups is 3. The zero-order valence-electron chi connectivity index (χ0n) is 20.0. The largest absolute Gasteiger partial charge is 0.512 e. The number of allylic oxidation sites excluding steroid dienone is 2. The van der Waals surface area contributed by atoms with Crippen LogP contribution in [0.2, 0.25) is 0 Å². The summed E-state index contributed by atoms with van der Waals surface area (Å²) >= 11 is 0. The predicted octanol–water partition coefficient (Wildman–Crippen LogP) is 1.67. The van der Waals surface area contributed by atoms with E-state index in [1.54, 1.807) is 0 Å². The summed E-state index contributed by atoms with van der Waals surface area (Å²) in [5, 5.41) is 47.3. The number of benzene rings is 1. The topological polar surface area (TPSA) is 156 Å². The lowest BCUT2D eigenvalue weighted by molar-refractivity contribution is -0.136. The molecule has 3 aliphatic rings. The smallest absolute Gasteiger partial charge is 0.250 e. The maximum absolute atomic E-state index is 13.8. The van der Waals surface area contributed by atoms with Crippen LogP contribution in [0.5, 0.6) is 5.75 Å². The Morgan fingerprint density at radius 2 is 1.94 bits per heavy atom. The van der Waals surface area contributed by atoms with Gasteiger partial charge in [-0.25, -0.2) is 0 Å². The highest BCUT2D eigenvalue weighted by atomic mass is 16.3. The van der Waals surface area contributed by atoms with Crippen LogP contribution in [-0.4, -0.2) is 58.4 Å². The molecular formula is C25H33N3O6. The van der Waals surface area contributed by atoms with Gasteiger partial charge in [-0.15, -0.1) is 0 Å². The number of primary amides is 1. The van der Waals surface area contributed by atoms with E-state index in [1.807, 2.05) is 32.0 Å². The van der Waals surface area contributed by atoms with Gasteiger partial charge >= 0.3 is 0 Å². The zero-order valence-corrected chi connectivity index (χ0v) is 20.0. The van der Waals surface area contributed by atoms with Crippen LogP contribution in [0.3, 0.4) is 0 Å². The van der Waals surface area contributed by atoms with Gasteiger partial charge < -0.3 is 36.4 Å². The molecule has 34 heavy (non-hydrogen) atoms. The number of carbonyl (C=O) groups is 2. The van der Waals surface area contributed by atoms with Crippen LogP contribution >= 0.6 is 0 Å². The molecule has 1 aromatic rings. The van der Waals surface area contributed by atoms with E-state index in [4.69, 9.17) is 5.73 Å². The normalized spacial score (nSPS) is 28.4. The number of anilines is 1. The van der Waals surface area contributed by atoms with Crippen LogP contribution in [0.15, 0.2) is 23.0 Å². The molecular weight excluding hydrogens is 438 g/mol. The molecule has 3 aliphatic carbocycles. The number of amides is 1. The Labute approximate surface area is 198 Å². The average molecular weight is 472 g/mol. The van der Waals surface area contributed by atoms with Gasteiger partial charge in [-0.2, -0.15) is 0 Å². The monoisotopic (exact) mass is 471 g/mol. The van der Waals surface area contributed by atoms with Crippen LogP contribution in [0.25, 0.3) is 5.76 Å². The second-order valence-corrected chi connectivity index (χ2v) is 9.97. The molecule has 1 saturated carbocycles. The van der Waals surface area contributed by atoms with Crippen LogP contribution < -0.4 is 16.0 Å². The SMILES string of the molecule is CCNCc1cc(N(C)C)c2c(c1O)C(O)=C1C(=O)C3C(CC(O)=C(C(N)=O)C3(C)O)CC1C2. The molecule has 9 heteroatoms. The molecule has 7 N–H and O–H groups in total. The maximum Gasteiger partial charge on any atom is 0.250 e. The van der Waals surface area contributed by atoms with E-state index in [0.29, 0.717) is 31.5 Å². The number of fused-ring (bicyclic) bond motifs is 3. The molecule has 1 amide bonds. The highest BCUT2D eigenvalue weighted by Crippen LogP contribution is 2.54. The van der Waals surface area contributed by atoms with Crippen LogP contribution in [0, 0.1) is 17.8 Å². The number of nitrogens with two attached hydrogens (primary N) is 1. The molecule has 4 atom stereocenters. The molecule has 0 radical (unpaired) electrons. The van der Waals surface area contributed by atoms with E-state index in [9.17, 15) is 30.0 Å². The molecule has 0 aliphatic heterocycles. The quantitative estimate of drug-likeness (QED) is 0.379. The molecule has 4 rings (SSSR count). The van der Waals surface area contributed by atoms with Crippen molar-refractivity contribution >= 4 is 23.1 Å². The van der Waals surface area contributed by atoms with E-state index in [-0.39, 0.29) is 46.3 Å². The van der Waals surface area contributed by atoms with E-state index in [1.165, 1.54) is 6.92 Å². The van der Waals surface area contributed by atoms with Gasteiger partial charge in [-0.3, -0.25) is 9.59 Å². The molecule has 1 fully saturated rings. The van der Waals surface area contributed by atoms with E-state index in [0.717, 1.165) is 11.3 Å². The Hall–Kier alpha value is -3.04. The lowest BCUT2D eigenvalue weighted by Crippen LogP contribution is -2.55. The molecule has 9 nitrogen and oxygen atoms in total. The molecule has 0 heterocycles. The lowest BCUT2D eigenvalue weighted by Gasteiger charge is -2.48. The maximum atomic E-state index is 13.8. The number of Topliss-reactive ketones (excluding diaryl/α,β-unsaturated/α-hetero) is 1. The summed E-state index contributed by atoms with van der Waals surface area (Å²) in [6, 6.07) is 1.89. The minimum atomic E-state index is -1.97. The van der Waals surface area contributed by atoms with Crippen LogP contribution in [0.4, 0.5) is 5.69 Å². The summed E-state index contributed by atoms with van der Waals surface area (Å²) in [6.45, 7) is 4.35. The minimum Gasteiger partial charge on any atom is -0.512 e. The summed E-state index contributed by atoms with van der Waals surface area (Å²) in [5.41, 5.74) is 5.66. The number of phenolic OH excluding ortho intramolecular Hbond substituents is 1. The van der Waals surface area contributed by atoms with E-state index < -0.39 is 29.1 Å². The van der Waals surface area contributed by atoms with Crippen molar-refractivity contribution in [3.63, 3.8) is 0 Å². The number of hydrogen-bond acceptors (Lipinski definition) is 8. The number of hydrogen-bond donors (Lipinski definition) is 6. The summed E-state index contributed by atoms with van der Waals surface area (Å²) in [6.07, 6.45) is 0.894. The number of phenols is 1. The highest BCUT2D eigenvalue weighted by Gasteiger charge is 2.57. The number of carbonyl (C=O) groups excluding carboxylic acids is 2. The summed E-state index contributed by atoms with van der Waals surface area (Å²) in [7, 11) is 3.77. The number of nitrogens with zero attached hydrogens (tertiary/aromatic N) is 1. The molecule has 4 unspecified atom stereocenters. The van der Waals surface area contributed by atoms with Crippen molar-refractivity contribution in [2.24, 2.45) is 23.5 Å². The van der Waals surface area contributed by atoms with Crippen molar-refractivity contribution in [1.82, 2.24) is 5.32 Å².